The SMILES string of the molecule is Cc1c(C(C)O)c(N)nc2ccccc12. The third kappa shape index (κ3) is 1.55. The van der Waals surface area contributed by atoms with Gasteiger partial charge in [0.15, 0.2) is 0 Å². The number of fused-ring (bicyclic) bond motifs is 1. The smallest absolute Gasteiger partial charge is 0.130 e. The van der Waals surface area contributed by atoms with Gasteiger partial charge in [0.05, 0.1) is 11.6 Å². The number of aliphatic hydroxyl groups excluding tert-OH is 1. The molecule has 2 rings (SSSR count). The Bertz CT molecular complexity index is 506. The van der Waals surface area contributed by atoms with Crippen LogP contribution >= 0.6 is 0 Å². The van der Waals surface area contributed by atoms with Gasteiger partial charge in [-0.2, -0.15) is 0 Å². The number of benzene rings is 1. The predicted molar refractivity (Wildman–Crippen MR) is 61.5 cm³/mol. The molecule has 0 bridgehead atoms. The molecule has 1 aromatic carbocycles. The van der Waals surface area contributed by atoms with E-state index in [4.69, 9.17) is 5.73 Å². The zero-order valence-corrected chi connectivity index (χ0v) is 8.86. The molecule has 0 saturated heterocycles. The Morgan fingerprint density at radius 2 is 2.00 bits per heavy atom. The highest BCUT2D eigenvalue weighted by Crippen LogP contribution is 2.28. The molecule has 3 heteroatoms. The molecule has 0 amide bonds. The maximum Gasteiger partial charge on any atom is 0.130 e. The van der Waals surface area contributed by atoms with Crippen molar-refractivity contribution in [1.82, 2.24) is 4.98 Å². The molecule has 1 aromatic heterocycles. The Balaban J connectivity index is 2.84. The van der Waals surface area contributed by atoms with Gasteiger partial charge in [0.2, 0.25) is 0 Å². The van der Waals surface area contributed by atoms with Gasteiger partial charge >= 0.3 is 0 Å². The van der Waals surface area contributed by atoms with Crippen molar-refractivity contribution >= 4 is 16.7 Å². The van der Waals surface area contributed by atoms with E-state index < -0.39 is 6.10 Å². The molecule has 0 fully saturated rings. The lowest BCUT2D eigenvalue weighted by Crippen LogP contribution is -2.04. The first-order chi connectivity index (χ1) is 7.11. The van der Waals surface area contributed by atoms with E-state index in [1.807, 2.05) is 31.2 Å². The van der Waals surface area contributed by atoms with Gasteiger partial charge in [-0.15, -0.1) is 0 Å². The number of aryl methyl sites for hydroxylation is 1. The average Bonchev–Trinajstić information content (AvgIpc) is 2.17. The Hall–Kier alpha value is -1.61. The molecule has 0 aliphatic carbocycles. The second-order valence-corrected chi connectivity index (χ2v) is 3.73. The number of pyridine rings is 1. The van der Waals surface area contributed by atoms with E-state index in [-0.39, 0.29) is 0 Å². The molecule has 0 aliphatic rings. The van der Waals surface area contributed by atoms with Gasteiger partial charge in [0, 0.05) is 10.9 Å². The van der Waals surface area contributed by atoms with Gasteiger partial charge in [0.1, 0.15) is 5.82 Å². The highest BCUT2D eigenvalue weighted by Gasteiger charge is 2.13. The van der Waals surface area contributed by atoms with E-state index in [1.165, 1.54) is 0 Å². The molecule has 0 spiro atoms. The van der Waals surface area contributed by atoms with Crippen molar-refractivity contribution in [1.29, 1.82) is 0 Å². The summed E-state index contributed by atoms with van der Waals surface area (Å²) in [5, 5.41) is 10.7. The summed E-state index contributed by atoms with van der Waals surface area (Å²) in [6.07, 6.45) is -0.581. The summed E-state index contributed by atoms with van der Waals surface area (Å²) in [6.45, 7) is 3.66. The Kier molecular flexibility index (Phi) is 2.32. The van der Waals surface area contributed by atoms with Crippen molar-refractivity contribution in [2.24, 2.45) is 0 Å². The summed E-state index contributed by atoms with van der Waals surface area (Å²) in [6, 6.07) is 7.79. The van der Waals surface area contributed by atoms with Crippen LogP contribution in [0.4, 0.5) is 5.82 Å². The number of para-hydroxylation sites is 1. The number of aliphatic hydroxyl groups is 1. The fourth-order valence-corrected chi connectivity index (χ4v) is 1.94. The number of hydrogen-bond donors (Lipinski definition) is 2. The predicted octanol–water partition coefficient (Wildman–Crippen LogP) is 2.18. The quantitative estimate of drug-likeness (QED) is 0.745. The first-order valence-corrected chi connectivity index (χ1v) is 4.94. The molecule has 78 valence electrons. The molecule has 0 saturated carbocycles. The lowest BCUT2D eigenvalue weighted by atomic mass is 10.0. The number of nitrogen functional groups attached to an aromatic ring is 1. The molecule has 0 aliphatic heterocycles. The van der Waals surface area contributed by atoms with Crippen LogP contribution < -0.4 is 5.73 Å². The molecule has 1 unspecified atom stereocenters. The van der Waals surface area contributed by atoms with Crippen molar-refractivity contribution in [3.05, 3.63) is 35.4 Å². The zero-order valence-electron chi connectivity index (χ0n) is 8.86. The van der Waals surface area contributed by atoms with Gasteiger partial charge in [-0.1, -0.05) is 18.2 Å². The summed E-state index contributed by atoms with van der Waals surface area (Å²) in [5.41, 5.74) is 8.43. The Morgan fingerprint density at radius 1 is 1.33 bits per heavy atom. The highest BCUT2D eigenvalue weighted by atomic mass is 16.3. The number of anilines is 1. The van der Waals surface area contributed by atoms with Crippen LogP contribution in [0.3, 0.4) is 0 Å². The van der Waals surface area contributed by atoms with Gasteiger partial charge < -0.3 is 10.8 Å². The summed E-state index contributed by atoms with van der Waals surface area (Å²) in [5.74, 6) is 0.418. The number of hydrogen-bond acceptors (Lipinski definition) is 3. The van der Waals surface area contributed by atoms with Crippen molar-refractivity contribution < 1.29 is 5.11 Å². The van der Waals surface area contributed by atoms with E-state index in [2.05, 4.69) is 4.98 Å². The van der Waals surface area contributed by atoms with Gasteiger partial charge in [-0.3, -0.25) is 0 Å². The van der Waals surface area contributed by atoms with Crippen LogP contribution in [0.1, 0.15) is 24.2 Å². The molecule has 15 heavy (non-hydrogen) atoms. The number of rotatable bonds is 1. The number of aromatic nitrogens is 1. The Labute approximate surface area is 88.6 Å². The van der Waals surface area contributed by atoms with E-state index in [9.17, 15) is 5.11 Å². The zero-order chi connectivity index (χ0) is 11.0. The maximum absolute atomic E-state index is 9.62. The van der Waals surface area contributed by atoms with Crippen molar-refractivity contribution in [3.63, 3.8) is 0 Å². The standard InChI is InChI=1S/C12H14N2O/c1-7-9-5-3-4-6-10(9)14-12(13)11(7)8(2)15/h3-6,8,15H,1-2H3,(H2,13,14). The van der Waals surface area contributed by atoms with Gasteiger partial charge in [0.25, 0.3) is 0 Å². The van der Waals surface area contributed by atoms with Crippen LogP contribution in [-0.2, 0) is 0 Å². The molecule has 3 N–H and O–H groups in total. The average molecular weight is 202 g/mol. The normalized spacial score (nSPS) is 13.0. The monoisotopic (exact) mass is 202 g/mol. The third-order valence-electron chi connectivity index (χ3n) is 2.65. The van der Waals surface area contributed by atoms with Crippen LogP contribution in [0.25, 0.3) is 10.9 Å². The highest BCUT2D eigenvalue weighted by molar-refractivity contribution is 5.85. The fraction of sp³-hybridized carbons (Fsp3) is 0.250. The summed E-state index contributed by atoms with van der Waals surface area (Å²) >= 11 is 0. The molecule has 1 heterocycles. The summed E-state index contributed by atoms with van der Waals surface area (Å²) in [7, 11) is 0. The molecule has 3 nitrogen and oxygen atoms in total. The second kappa shape index (κ2) is 3.51. The first kappa shape index (κ1) is 9.93. The number of nitrogens with zero attached hydrogens (tertiary/aromatic N) is 1. The van der Waals surface area contributed by atoms with E-state index >= 15 is 0 Å². The minimum absolute atomic E-state index is 0.418. The lowest BCUT2D eigenvalue weighted by Gasteiger charge is -2.13. The minimum Gasteiger partial charge on any atom is -0.389 e. The van der Waals surface area contributed by atoms with Crippen LogP contribution in [0.15, 0.2) is 24.3 Å². The van der Waals surface area contributed by atoms with Gasteiger partial charge in [-0.25, -0.2) is 4.98 Å². The lowest BCUT2D eigenvalue weighted by molar-refractivity contribution is 0.199. The molecular formula is C12H14N2O. The third-order valence-corrected chi connectivity index (χ3v) is 2.65. The van der Waals surface area contributed by atoms with Crippen molar-refractivity contribution in [2.75, 3.05) is 5.73 Å². The summed E-state index contributed by atoms with van der Waals surface area (Å²) < 4.78 is 0. The topological polar surface area (TPSA) is 59.1 Å². The molecule has 1 atom stereocenters. The molecule has 2 aromatic rings. The van der Waals surface area contributed by atoms with Crippen LogP contribution in [0.5, 0.6) is 0 Å². The van der Waals surface area contributed by atoms with E-state index in [0.717, 1.165) is 22.0 Å². The molecule has 0 radical (unpaired) electrons. The largest absolute Gasteiger partial charge is 0.389 e. The minimum atomic E-state index is -0.581. The van der Waals surface area contributed by atoms with Crippen molar-refractivity contribution in [2.45, 2.75) is 20.0 Å². The van der Waals surface area contributed by atoms with Crippen LogP contribution in [0, 0.1) is 6.92 Å². The van der Waals surface area contributed by atoms with E-state index in [1.54, 1.807) is 6.92 Å². The van der Waals surface area contributed by atoms with E-state index in [0.29, 0.717) is 5.82 Å². The van der Waals surface area contributed by atoms with Crippen molar-refractivity contribution in [3.8, 4) is 0 Å². The Morgan fingerprint density at radius 3 is 2.67 bits per heavy atom. The fourth-order valence-electron chi connectivity index (χ4n) is 1.94. The summed E-state index contributed by atoms with van der Waals surface area (Å²) in [4.78, 5) is 4.28. The van der Waals surface area contributed by atoms with Gasteiger partial charge in [-0.05, 0) is 25.5 Å². The second-order valence-electron chi connectivity index (χ2n) is 3.73. The van der Waals surface area contributed by atoms with Crippen LogP contribution in [-0.4, -0.2) is 10.1 Å². The maximum atomic E-state index is 9.62. The first-order valence-electron chi connectivity index (χ1n) is 4.94. The molecular weight excluding hydrogens is 188 g/mol. The number of nitrogens with two attached hydrogens (primary N) is 1. The van der Waals surface area contributed by atoms with Crippen LogP contribution in [0.2, 0.25) is 0 Å².